The molecule has 0 aliphatic heterocycles. The summed E-state index contributed by atoms with van der Waals surface area (Å²) in [6.45, 7) is 2.09. The highest BCUT2D eigenvalue weighted by Crippen LogP contribution is 2.26. The Bertz CT molecular complexity index is 751. The van der Waals surface area contributed by atoms with E-state index in [1.54, 1.807) is 19.3 Å². The highest BCUT2D eigenvalue weighted by molar-refractivity contribution is 5.77. The first-order valence-electron chi connectivity index (χ1n) is 7.36. The Kier molecular flexibility index (Phi) is 4.52. The van der Waals surface area contributed by atoms with Crippen LogP contribution in [-0.4, -0.2) is 16.1 Å². The highest BCUT2D eigenvalue weighted by atomic mass is 16.4. The lowest BCUT2D eigenvalue weighted by Crippen LogP contribution is -2.24. The molecule has 2 heterocycles. The van der Waals surface area contributed by atoms with Crippen LogP contribution in [0.4, 0.5) is 0 Å². The van der Waals surface area contributed by atoms with Gasteiger partial charge in [-0.3, -0.25) is 4.79 Å². The van der Waals surface area contributed by atoms with Crippen LogP contribution in [0.2, 0.25) is 0 Å². The molecule has 6 heteroatoms. The fraction of sp³-hybridized carbons (Fsp3) is 0.235. The third-order valence-electron chi connectivity index (χ3n) is 3.47. The number of hydrogen-bond donors (Lipinski definition) is 1. The lowest BCUT2D eigenvalue weighted by molar-refractivity contribution is -0.121. The Morgan fingerprint density at radius 1 is 1.17 bits per heavy atom. The fourth-order valence-electron chi connectivity index (χ4n) is 2.34. The minimum Gasteiger partial charge on any atom is -0.467 e. The molecule has 1 unspecified atom stereocenters. The van der Waals surface area contributed by atoms with E-state index < -0.39 is 0 Å². The van der Waals surface area contributed by atoms with Gasteiger partial charge in [-0.15, -0.1) is 10.2 Å². The van der Waals surface area contributed by atoms with Crippen molar-refractivity contribution in [2.45, 2.75) is 25.8 Å². The second-order valence-corrected chi connectivity index (χ2v) is 5.18. The van der Waals surface area contributed by atoms with Crippen LogP contribution in [0.1, 0.15) is 35.4 Å². The SMILES string of the molecule is Cc1nnc(C(CC(=O)NCc2ccco2)c2ccccc2)o1. The van der Waals surface area contributed by atoms with Gasteiger partial charge in [-0.25, -0.2) is 0 Å². The second-order valence-electron chi connectivity index (χ2n) is 5.18. The van der Waals surface area contributed by atoms with E-state index in [0.29, 0.717) is 24.1 Å². The van der Waals surface area contributed by atoms with Gasteiger partial charge >= 0.3 is 0 Å². The Morgan fingerprint density at radius 2 is 2.00 bits per heavy atom. The molecule has 0 saturated heterocycles. The summed E-state index contributed by atoms with van der Waals surface area (Å²) in [4.78, 5) is 12.3. The van der Waals surface area contributed by atoms with Crippen LogP contribution in [0.15, 0.2) is 57.6 Å². The summed E-state index contributed by atoms with van der Waals surface area (Å²) >= 11 is 0. The third-order valence-corrected chi connectivity index (χ3v) is 3.47. The van der Waals surface area contributed by atoms with Crippen molar-refractivity contribution in [2.75, 3.05) is 0 Å². The molecule has 0 radical (unpaired) electrons. The Balaban J connectivity index is 1.72. The van der Waals surface area contributed by atoms with Crippen molar-refractivity contribution in [3.8, 4) is 0 Å². The zero-order valence-electron chi connectivity index (χ0n) is 12.7. The molecule has 3 aromatic rings. The van der Waals surface area contributed by atoms with Crippen LogP contribution in [0.3, 0.4) is 0 Å². The molecule has 1 N–H and O–H groups in total. The molecule has 6 nitrogen and oxygen atoms in total. The van der Waals surface area contributed by atoms with E-state index in [2.05, 4.69) is 15.5 Å². The molecule has 3 rings (SSSR count). The summed E-state index contributed by atoms with van der Waals surface area (Å²) in [6, 6.07) is 13.3. The first kappa shape index (κ1) is 15.0. The average molecular weight is 311 g/mol. The van der Waals surface area contributed by atoms with Gasteiger partial charge in [0.05, 0.1) is 18.7 Å². The predicted molar refractivity (Wildman–Crippen MR) is 82.5 cm³/mol. The van der Waals surface area contributed by atoms with Crippen molar-refractivity contribution in [3.63, 3.8) is 0 Å². The number of hydrogen-bond acceptors (Lipinski definition) is 5. The number of carbonyl (C=O) groups is 1. The summed E-state index contributed by atoms with van der Waals surface area (Å²) in [5, 5.41) is 10.8. The number of aromatic nitrogens is 2. The molecule has 0 spiro atoms. The van der Waals surface area contributed by atoms with E-state index in [0.717, 1.165) is 5.56 Å². The Morgan fingerprint density at radius 3 is 2.65 bits per heavy atom. The molecule has 1 amide bonds. The Labute approximate surface area is 133 Å². The zero-order chi connectivity index (χ0) is 16.1. The van der Waals surface area contributed by atoms with Crippen molar-refractivity contribution in [2.24, 2.45) is 0 Å². The van der Waals surface area contributed by atoms with Gasteiger partial charge in [0, 0.05) is 13.3 Å². The van der Waals surface area contributed by atoms with Gasteiger partial charge in [-0.05, 0) is 17.7 Å². The quantitative estimate of drug-likeness (QED) is 0.757. The summed E-state index contributed by atoms with van der Waals surface area (Å²) in [7, 11) is 0. The van der Waals surface area contributed by atoms with Crippen LogP contribution in [0.25, 0.3) is 0 Å². The van der Waals surface area contributed by atoms with Gasteiger partial charge in [0.1, 0.15) is 5.76 Å². The normalized spacial score (nSPS) is 12.0. The minimum absolute atomic E-state index is 0.105. The maximum atomic E-state index is 12.3. The number of nitrogens with zero attached hydrogens (tertiary/aromatic N) is 2. The monoisotopic (exact) mass is 311 g/mol. The van der Waals surface area contributed by atoms with Crippen LogP contribution < -0.4 is 5.32 Å². The highest BCUT2D eigenvalue weighted by Gasteiger charge is 2.23. The molecule has 23 heavy (non-hydrogen) atoms. The standard InChI is InChI=1S/C17H17N3O3/c1-12-19-20-17(23-12)15(13-6-3-2-4-7-13)10-16(21)18-11-14-8-5-9-22-14/h2-9,15H,10-11H2,1H3,(H,18,21). The van der Waals surface area contributed by atoms with Crippen molar-refractivity contribution in [1.82, 2.24) is 15.5 Å². The lowest BCUT2D eigenvalue weighted by atomic mass is 9.95. The van der Waals surface area contributed by atoms with Crippen molar-refractivity contribution in [3.05, 3.63) is 71.8 Å². The van der Waals surface area contributed by atoms with Crippen molar-refractivity contribution >= 4 is 5.91 Å². The maximum absolute atomic E-state index is 12.3. The molecule has 0 aliphatic carbocycles. The van der Waals surface area contributed by atoms with Gasteiger partial charge in [0.15, 0.2) is 0 Å². The van der Waals surface area contributed by atoms with E-state index in [4.69, 9.17) is 8.83 Å². The molecule has 2 aromatic heterocycles. The van der Waals surface area contributed by atoms with Crippen LogP contribution in [0.5, 0.6) is 0 Å². The van der Waals surface area contributed by atoms with Crippen LogP contribution in [0, 0.1) is 6.92 Å². The molecule has 1 aromatic carbocycles. The molecule has 0 bridgehead atoms. The van der Waals surface area contributed by atoms with Gasteiger partial charge < -0.3 is 14.2 Å². The number of amides is 1. The van der Waals surface area contributed by atoms with Crippen molar-refractivity contribution < 1.29 is 13.6 Å². The van der Waals surface area contributed by atoms with E-state index in [1.165, 1.54) is 0 Å². The first-order valence-corrected chi connectivity index (χ1v) is 7.36. The van der Waals surface area contributed by atoms with Gasteiger partial charge in [-0.1, -0.05) is 30.3 Å². The molecular weight excluding hydrogens is 294 g/mol. The smallest absolute Gasteiger partial charge is 0.224 e. The van der Waals surface area contributed by atoms with Crippen LogP contribution >= 0.6 is 0 Å². The number of carbonyl (C=O) groups excluding carboxylic acids is 1. The third kappa shape index (κ3) is 3.85. The number of benzene rings is 1. The maximum Gasteiger partial charge on any atom is 0.224 e. The fourth-order valence-corrected chi connectivity index (χ4v) is 2.34. The second kappa shape index (κ2) is 6.91. The summed E-state index contributed by atoms with van der Waals surface area (Å²) in [6.07, 6.45) is 1.81. The van der Waals surface area contributed by atoms with Gasteiger partial charge in [-0.2, -0.15) is 0 Å². The zero-order valence-corrected chi connectivity index (χ0v) is 12.7. The van der Waals surface area contributed by atoms with Gasteiger partial charge in [0.25, 0.3) is 0 Å². The molecule has 118 valence electrons. The summed E-state index contributed by atoms with van der Waals surface area (Å²) in [5.41, 5.74) is 0.962. The number of nitrogens with one attached hydrogen (secondary N) is 1. The van der Waals surface area contributed by atoms with Gasteiger partial charge in [0.2, 0.25) is 17.7 Å². The van der Waals surface area contributed by atoms with E-state index in [1.807, 2.05) is 36.4 Å². The molecular formula is C17H17N3O3. The number of rotatable bonds is 6. The lowest BCUT2D eigenvalue weighted by Gasteiger charge is -2.13. The topological polar surface area (TPSA) is 81.2 Å². The Hall–Kier alpha value is -2.89. The summed E-state index contributed by atoms with van der Waals surface area (Å²) in [5.74, 6) is 1.27. The number of aryl methyl sites for hydroxylation is 1. The van der Waals surface area contributed by atoms with E-state index in [-0.39, 0.29) is 18.2 Å². The molecule has 0 saturated carbocycles. The van der Waals surface area contributed by atoms with Crippen LogP contribution in [-0.2, 0) is 11.3 Å². The average Bonchev–Trinajstić information content (AvgIpc) is 3.23. The molecule has 1 atom stereocenters. The van der Waals surface area contributed by atoms with E-state index in [9.17, 15) is 4.79 Å². The largest absolute Gasteiger partial charge is 0.467 e. The molecule has 0 aliphatic rings. The van der Waals surface area contributed by atoms with Crippen molar-refractivity contribution in [1.29, 1.82) is 0 Å². The summed E-state index contributed by atoms with van der Waals surface area (Å²) < 4.78 is 10.7. The minimum atomic E-state index is -0.269. The number of furan rings is 1. The molecule has 0 fully saturated rings. The first-order chi connectivity index (χ1) is 11.2. The van der Waals surface area contributed by atoms with E-state index >= 15 is 0 Å². The predicted octanol–water partition coefficient (Wildman–Crippen LogP) is 2.81.